The normalized spacial score (nSPS) is 12.8. The second kappa shape index (κ2) is 4.84. The first-order chi connectivity index (χ1) is 3.85. The van der Waals surface area contributed by atoms with Crippen LogP contribution in [0.5, 0.6) is 0 Å². The van der Waals surface area contributed by atoms with Crippen LogP contribution in [0.2, 0.25) is 0 Å². The number of hydrogen-bond donors (Lipinski definition) is 1. The van der Waals surface area contributed by atoms with E-state index in [4.69, 9.17) is 11.6 Å². The number of rotatable bonds is 4. The van der Waals surface area contributed by atoms with E-state index in [1.54, 1.807) is 0 Å². The van der Waals surface area contributed by atoms with E-state index in [0.717, 1.165) is 0 Å². The number of halogens is 2. The molecule has 0 heterocycles. The highest BCUT2D eigenvalue weighted by atomic mass is 35.5. The third kappa shape index (κ3) is 2.80. The molecule has 0 saturated carbocycles. The minimum atomic E-state index is -0.640. The number of hydrogen-bond acceptors (Lipinski definition) is 1. The summed E-state index contributed by atoms with van der Waals surface area (Å²) in [6, 6.07) is -0.575. The molecule has 0 aliphatic rings. The summed E-state index contributed by atoms with van der Waals surface area (Å²) in [4.78, 5) is 9.47. The van der Waals surface area contributed by atoms with Crippen molar-refractivity contribution in [1.29, 1.82) is 0 Å². The van der Waals surface area contributed by atoms with E-state index in [0.29, 0.717) is 0 Å². The number of carbonyl (C=O) groups excluding carboxylic acids is 1. The van der Waals surface area contributed by atoms with E-state index in [1.807, 2.05) is 0 Å². The molecule has 0 saturated heterocycles. The predicted octanol–water partition coefficient (Wildman–Crippen LogP) is 0.220. The topological polar surface area (TPSA) is 29.1 Å². The van der Waals surface area contributed by atoms with E-state index in [1.165, 1.54) is 6.41 Å². The van der Waals surface area contributed by atoms with Gasteiger partial charge in [-0.1, -0.05) is 0 Å². The molecular weight excluding hydrogens is 133 g/mol. The molecule has 0 aliphatic carbocycles. The molecule has 0 fully saturated rings. The zero-order valence-electron chi connectivity index (χ0n) is 4.16. The lowest BCUT2D eigenvalue weighted by Crippen LogP contribution is -2.31. The Bertz CT molecular complexity index is 67.1. The average Bonchev–Trinajstić information content (AvgIpc) is 1.83. The van der Waals surface area contributed by atoms with Gasteiger partial charge in [0.05, 0.1) is 6.04 Å². The highest BCUT2D eigenvalue weighted by Crippen LogP contribution is 1.86. The Hall–Kier alpha value is -0.310. The molecule has 4 heteroatoms. The van der Waals surface area contributed by atoms with Crippen molar-refractivity contribution in [3.05, 3.63) is 0 Å². The fourth-order valence-corrected chi connectivity index (χ4v) is 0.361. The second-order valence-corrected chi connectivity index (χ2v) is 1.56. The quantitative estimate of drug-likeness (QED) is 0.437. The van der Waals surface area contributed by atoms with Gasteiger partial charge in [-0.15, -0.1) is 11.6 Å². The van der Waals surface area contributed by atoms with E-state index in [-0.39, 0.29) is 5.88 Å². The molecule has 1 radical (unpaired) electrons. The summed E-state index contributed by atoms with van der Waals surface area (Å²) in [5.74, 6) is 0.0890. The molecule has 8 heavy (non-hydrogen) atoms. The molecule has 0 aromatic heterocycles. The highest BCUT2D eigenvalue weighted by Gasteiger charge is 2.02. The lowest BCUT2D eigenvalue weighted by molar-refractivity contribution is 0.418. The monoisotopic (exact) mass is 138 g/mol. The molecule has 0 aromatic carbocycles. The Morgan fingerprint density at radius 3 is 2.62 bits per heavy atom. The van der Waals surface area contributed by atoms with Gasteiger partial charge in [0.1, 0.15) is 6.67 Å². The van der Waals surface area contributed by atoms with Crippen molar-refractivity contribution in [2.45, 2.75) is 6.04 Å². The van der Waals surface area contributed by atoms with Crippen LogP contribution in [0.3, 0.4) is 0 Å². The van der Waals surface area contributed by atoms with Crippen molar-refractivity contribution in [1.82, 2.24) is 5.32 Å². The van der Waals surface area contributed by atoms with Crippen molar-refractivity contribution in [2.75, 3.05) is 12.6 Å². The summed E-state index contributed by atoms with van der Waals surface area (Å²) in [7, 11) is 0. The highest BCUT2D eigenvalue weighted by molar-refractivity contribution is 6.18. The maximum absolute atomic E-state index is 11.5. The molecule has 0 aromatic rings. The van der Waals surface area contributed by atoms with E-state index < -0.39 is 12.7 Å². The third-order valence-electron chi connectivity index (χ3n) is 0.636. The molecule has 1 amide bonds. The Kier molecular flexibility index (Phi) is 4.65. The minimum absolute atomic E-state index is 0.0890. The summed E-state index contributed by atoms with van der Waals surface area (Å²) >= 11 is 5.17. The van der Waals surface area contributed by atoms with Gasteiger partial charge in [-0.3, -0.25) is 4.79 Å². The Morgan fingerprint density at radius 1 is 1.88 bits per heavy atom. The Morgan fingerprint density at radius 2 is 2.50 bits per heavy atom. The van der Waals surface area contributed by atoms with Crippen molar-refractivity contribution in [3.8, 4) is 0 Å². The van der Waals surface area contributed by atoms with Crippen LogP contribution in [0, 0.1) is 0 Å². The standard InChI is InChI=1S/C4H6ClFNO/c5-1-4(2-6)7-3-8/h4H,1-2H2,(H,7,8). The molecule has 1 atom stereocenters. The van der Waals surface area contributed by atoms with Gasteiger partial charge < -0.3 is 5.32 Å². The lowest BCUT2D eigenvalue weighted by atomic mass is 10.4. The Labute approximate surface area is 52.0 Å². The summed E-state index contributed by atoms with van der Waals surface area (Å²) in [6.45, 7) is -0.640. The Balaban J connectivity index is 3.20. The molecule has 0 bridgehead atoms. The largest absolute Gasteiger partial charge is 0.341 e. The fraction of sp³-hybridized carbons (Fsp3) is 0.750. The van der Waals surface area contributed by atoms with Gasteiger partial charge in [0.25, 0.3) is 0 Å². The third-order valence-corrected chi connectivity index (χ3v) is 1.01. The smallest absolute Gasteiger partial charge is 0.309 e. The molecule has 0 spiro atoms. The summed E-state index contributed by atoms with van der Waals surface area (Å²) < 4.78 is 11.5. The van der Waals surface area contributed by atoms with Crippen LogP contribution in [0.4, 0.5) is 4.39 Å². The average molecular weight is 139 g/mol. The zero-order valence-corrected chi connectivity index (χ0v) is 4.91. The van der Waals surface area contributed by atoms with Gasteiger partial charge in [-0.2, -0.15) is 0 Å². The van der Waals surface area contributed by atoms with Gasteiger partial charge in [-0.05, 0) is 0 Å². The molecule has 1 unspecified atom stereocenters. The van der Waals surface area contributed by atoms with Crippen LogP contribution in [0.15, 0.2) is 0 Å². The van der Waals surface area contributed by atoms with E-state index in [9.17, 15) is 9.18 Å². The first-order valence-corrected chi connectivity index (χ1v) is 2.63. The van der Waals surface area contributed by atoms with Crippen molar-refractivity contribution in [3.63, 3.8) is 0 Å². The van der Waals surface area contributed by atoms with E-state index >= 15 is 0 Å². The van der Waals surface area contributed by atoms with Crippen molar-refractivity contribution < 1.29 is 9.18 Å². The minimum Gasteiger partial charge on any atom is -0.341 e. The van der Waals surface area contributed by atoms with Gasteiger partial charge in [0, 0.05) is 5.88 Å². The summed E-state index contributed by atoms with van der Waals surface area (Å²) in [5, 5.41) is 2.07. The van der Waals surface area contributed by atoms with Gasteiger partial charge in [-0.25, -0.2) is 4.39 Å². The second-order valence-electron chi connectivity index (χ2n) is 1.25. The molecule has 0 rings (SSSR count). The van der Waals surface area contributed by atoms with Crippen molar-refractivity contribution >= 4 is 18.0 Å². The van der Waals surface area contributed by atoms with Crippen LogP contribution in [0.25, 0.3) is 0 Å². The maximum Gasteiger partial charge on any atom is 0.309 e. The molecule has 0 aliphatic heterocycles. The predicted molar refractivity (Wildman–Crippen MR) is 29.3 cm³/mol. The number of amides is 1. The van der Waals surface area contributed by atoms with E-state index in [2.05, 4.69) is 5.32 Å². The molecule has 2 nitrogen and oxygen atoms in total. The first kappa shape index (κ1) is 7.69. The zero-order chi connectivity index (χ0) is 6.41. The van der Waals surface area contributed by atoms with Crippen LogP contribution < -0.4 is 5.32 Å². The van der Waals surface area contributed by atoms with Crippen LogP contribution in [-0.4, -0.2) is 25.0 Å². The van der Waals surface area contributed by atoms with Gasteiger partial charge in [0.15, 0.2) is 0 Å². The van der Waals surface area contributed by atoms with Crippen LogP contribution in [-0.2, 0) is 4.79 Å². The maximum atomic E-state index is 11.5. The van der Waals surface area contributed by atoms with Gasteiger partial charge in [0.2, 0.25) is 0 Å². The SMILES string of the molecule is O=[C]NC(CF)CCl. The van der Waals surface area contributed by atoms with Crippen LogP contribution >= 0.6 is 11.6 Å². The fourth-order valence-electron chi connectivity index (χ4n) is 0.202. The number of alkyl halides is 2. The summed E-state index contributed by atoms with van der Waals surface area (Å²) in [5.41, 5.74) is 0. The van der Waals surface area contributed by atoms with Crippen molar-refractivity contribution in [2.24, 2.45) is 0 Å². The number of nitrogens with one attached hydrogen (secondary N) is 1. The van der Waals surface area contributed by atoms with Crippen LogP contribution in [0.1, 0.15) is 0 Å². The lowest BCUT2D eigenvalue weighted by Gasteiger charge is -2.03. The summed E-state index contributed by atoms with van der Waals surface area (Å²) in [6.07, 6.45) is 1.35. The first-order valence-electron chi connectivity index (χ1n) is 2.09. The van der Waals surface area contributed by atoms with Gasteiger partial charge >= 0.3 is 6.41 Å². The molecular formula is C4H6ClFNO. The molecule has 47 valence electrons. The molecule has 1 N–H and O–H groups in total.